The number of nitrogens with one attached hydrogen (secondary N) is 2. The number of rotatable bonds is 5. The Bertz CT molecular complexity index is 1080. The minimum Gasteiger partial charge on any atom is -0.493 e. The maximum absolute atomic E-state index is 12.4. The van der Waals surface area contributed by atoms with E-state index in [0.29, 0.717) is 28.7 Å². The summed E-state index contributed by atoms with van der Waals surface area (Å²) in [4.78, 5) is 32.5. The molecule has 3 amide bonds. The maximum Gasteiger partial charge on any atom is 0.320 e. The molecule has 0 atom stereocenters. The van der Waals surface area contributed by atoms with Crippen LogP contribution >= 0.6 is 0 Å². The number of aliphatic imine (C=N–C) groups is 2. The van der Waals surface area contributed by atoms with Gasteiger partial charge in [-0.05, 0) is 31.5 Å². The van der Waals surface area contributed by atoms with E-state index in [-0.39, 0.29) is 18.1 Å². The number of nitrogens with zero attached hydrogens (tertiary/aromatic N) is 4. The molecule has 2 aromatic rings. The van der Waals surface area contributed by atoms with Crippen molar-refractivity contribution in [3.63, 3.8) is 0 Å². The normalized spacial score (nSPS) is 13.5. The first-order chi connectivity index (χ1) is 14.3. The number of hydrogen-bond acceptors (Lipinski definition) is 6. The van der Waals surface area contributed by atoms with Gasteiger partial charge < -0.3 is 14.8 Å². The Labute approximate surface area is 173 Å². The maximum atomic E-state index is 12.4. The SMILES string of the molecule is C=C1C(=O)N=C(n2nc(C)cc2NC(=O)NCc2ccc(OC)c(OC)c2)N=C1C. The monoisotopic (exact) mass is 410 g/mol. The van der Waals surface area contributed by atoms with Gasteiger partial charge in [-0.1, -0.05) is 12.6 Å². The fraction of sp³-hybridized carbons (Fsp3) is 0.250. The Kier molecular flexibility index (Phi) is 5.95. The predicted molar refractivity (Wildman–Crippen MR) is 112 cm³/mol. The highest BCUT2D eigenvalue weighted by molar-refractivity contribution is 6.27. The van der Waals surface area contributed by atoms with Gasteiger partial charge in [-0.3, -0.25) is 10.1 Å². The summed E-state index contributed by atoms with van der Waals surface area (Å²) in [5.74, 6) is 1.07. The molecular weight excluding hydrogens is 388 g/mol. The van der Waals surface area contributed by atoms with E-state index in [0.717, 1.165) is 5.56 Å². The molecule has 1 aliphatic heterocycles. The average molecular weight is 410 g/mol. The number of urea groups is 1. The molecule has 10 nitrogen and oxygen atoms in total. The molecule has 2 N–H and O–H groups in total. The van der Waals surface area contributed by atoms with Crippen LogP contribution in [0.4, 0.5) is 10.6 Å². The van der Waals surface area contributed by atoms with E-state index in [2.05, 4.69) is 32.3 Å². The van der Waals surface area contributed by atoms with Crippen molar-refractivity contribution in [3.05, 3.63) is 47.7 Å². The van der Waals surface area contributed by atoms with E-state index in [9.17, 15) is 9.59 Å². The number of aryl methyl sites for hydroxylation is 1. The zero-order chi connectivity index (χ0) is 21.8. The van der Waals surface area contributed by atoms with E-state index in [1.54, 1.807) is 46.3 Å². The molecule has 0 saturated heterocycles. The van der Waals surface area contributed by atoms with Crippen molar-refractivity contribution in [2.45, 2.75) is 20.4 Å². The number of aromatic nitrogens is 2. The number of methoxy groups -OCH3 is 2. The highest BCUT2D eigenvalue weighted by Crippen LogP contribution is 2.27. The zero-order valence-electron chi connectivity index (χ0n) is 17.1. The number of carbonyl (C=O) groups is 2. The molecule has 0 fully saturated rings. The lowest BCUT2D eigenvalue weighted by Gasteiger charge is -2.13. The van der Waals surface area contributed by atoms with Crippen LogP contribution in [0.2, 0.25) is 0 Å². The summed E-state index contributed by atoms with van der Waals surface area (Å²) in [6, 6.07) is 6.55. The summed E-state index contributed by atoms with van der Waals surface area (Å²) in [7, 11) is 3.10. The van der Waals surface area contributed by atoms with Crippen molar-refractivity contribution in [3.8, 4) is 11.5 Å². The van der Waals surface area contributed by atoms with Crippen molar-refractivity contribution in [1.29, 1.82) is 0 Å². The minimum atomic E-state index is -0.491. The molecule has 30 heavy (non-hydrogen) atoms. The Balaban J connectivity index is 1.72. The topological polar surface area (TPSA) is 119 Å². The van der Waals surface area contributed by atoms with Crippen LogP contribution in [-0.2, 0) is 11.3 Å². The second-order valence-corrected chi connectivity index (χ2v) is 6.47. The van der Waals surface area contributed by atoms with Crippen molar-refractivity contribution in [2.75, 3.05) is 19.5 Å². The highest BCUT2D eigenvalue weighted by atomic mass is 16.5. The van der Waals surface area contributed by atoms with E-state index in [1.807, 2.05) is 6.07 Å². The first-order valence-corrected chi connectivity index (χ1v) is 9.02. The summed E-state index contributed by atoms with van der Waals surface area (Å²) >= 11 is 0. The van der Waals surface area contributed by atoms with Crippen LogP contribution < -0.4 is 20.1 Å². The summed E-state index contributed by atoms with van der Waals surface area (Å²) in [5.41, 5.74) is 2.12. The Morgan fingerprint density at radius 1 is 1.13 bits per heavy atom. The standard InChI is InChI=1S/C20H22N6O4/c1-11-8-17(26(25-11)19-22-13(3)12(2)18(27)24-19)23-20(28)21-10-14-6-7-15(29-4)16(9-14)30-5/h6-9H,2,10H2,1,3-5H3,(H2,21,23,28). The van der Waals surface area contributed by atoms with Crippen LogP contribution in [0, 0.1) is 6.92 Å². The van der Waals surface area contributed by atoms with Crippen molar-refractivity contribution in [2.24, 2.45) is 9.98 Å². The lowest BCUT2D eigenvalue weighted by atomic mass is 10.2. The Morgan fingerprint density at radius 3 is 2.53 bits per heavy atom. The lowest BCUT2D eigenvalue weighted by molar-refractivity contribution is -0.113. The van der Waals surface area contributed by atoms with Gasteiger partial charge in [0, 0.05) is 12.6 Å². The van der Waals surface area contributed by atoms with Gasteiger partial charge in [0.1, 0.15) is 5.82 Å². The van der Waals surface area contributed by atoms with Crippen LogP contribution in [0.15, 0.2) is 46.4 Å². The smallest absolute Gasteiger partial charge is 0.320 e. The first-order valence-electron chi connectivity index (χ1n) is 9.02. The second-order valence-electron chi connectivity index (χ2n) is 6.47. The number of ether oxygens (including phenoxy) is 2. The lowest BCUT2D eigenvalue weighted by Crippen LogP contribution is -2.31. The molecular formula is C20H22N6O4. The Morgan fingerprint density at radius 2 is 1.87 bits per heavy atom. The summed E-state index contributed by atoms with van der Waals surface area (Å²) in [6.07, 6.45) is 0. The first kappa shape index (κ1) is 20.8. The fourth-order valence-electron chi connectivity index (χ4n) is 2.72. The van der Waals surface area contributed by atoms with Gasteiger partial charge in [0.2, 0.25) is 0 Å². The summed E-state index contributed by atoms with van der Waals surface area (Å²) < 4.78 is 11.8. The number of anilines is 1. The largest absolute Gasteiger partial charge is 0.493 e. The van der Waals surface area contributed by atoms with Crippen LogP contribution in [0.3, 0.4) is 0 Å². The molecule has 2 heterocycles. The number of carbonyl (C=O) groups excluding carboxylic acids is 2. The molecule has 1 aromatic carbocycles. The van der Waals surface area contributed by atoms with Crippen LogP contribution in [-0.4, -0.2) is 47.6 Å². The van der Waals surface area contributed by atoms with E-state index in [1.165, 1.54) is 4.68 Å². The summed E-state index contributed by atoms with van der Waals surface area (Å²) in [5, 5.41) is 9.72. The molecule has 0 unspecified atom stereocenters. The highest BCUT2D eigenvalue weighted by Gasteiger charge is 2.21. The van der Waals surface area contributed by atoms with Crippen LogP contribution in [0.1, 0.15) is 18.2 Å². The Hall–Kier alpha value is -3.95. The second kappa shape index (κ2) is 8.60. The van der Waals surface area contributed by atoms with Crippen LogP contribution in [0.25, 0.3) is 0 Å². The van der Waals surface area contributed by atoms with Gasteiger partial charge in [0.05, 0.1) is 31.2 Å². The number of amides is 3. The summed E-state index contributed by atoms with van der Waals surface area (Å²) in [6.45, 7) is 7.32. The molecule has 1 aliphatic rings. The van der Waals surface area contributed by atoms with Crippen molar-refractivity contribution >= 4 is 29.4 Å². The van der Waals surface area contributed by atoms with Gasteiger partial charge in [-0.25, -0.2) is 9.79 Å². The van der Waals surface area contributed by atoms with Gasteiger partial charge >= 0.3 is 6.03 Å². The molecule has 0 saturated carbocycles. The van der Waals surface area contributed by atoms with Crippen molar-refractivity contribution in [1.82, 2.24) is 15.1 Å². The van der Waals surface area contributed by atoms with Gasteiger partial charge in [0.25, 0.3) is 11.9 Å². The fourth-order valence-corrected chi connectivity index (χ4v) is 2.72. The molecule has 0 bridgehead atoms. The van der Waals surface area contributed by atoms with Crippen LogP contribution in [0.5, 0.6) is 11.5 Å². The van der Waals surface area contributed by atoms with E-state index in [4.69, 9.17) is 9.47 Å². The number of benzene rings is 1. The van der Waals surface area contributed by atoms with E-state index < -0.39 is 11.9 Å². The third-order valence-electron chi connectivity index (χ3n) is 4.33. The third-order valence-corrected chi connectivity index (χ3v) is 4.33. The zero-order valence-corrected chi connectivity index (χ0v) is 17.1. The van der Waals surface area contributed by atoms with Gasteiger partial charge in [0.15, 0.2) is 11.5 Å². The predicted octanol–water partition coefficient (Wildman–Crippen LogP) is 2.29. The molecule has 1 aromatic heterocycles. The molecule has 3 rings (SSSR count). The molecule has 0 radical (unpaired) electrons. The minimum absolute atomic E-state index is 0.0631. The van der Waals surface area contributed by atoms with Gasteiger partial charge in [-0.15, -0.1) is 0 Å². The van der Waals surface area contributed by atoms with Gasteiger partial charge in [-0.2, -0.15) is 14.8 Å². The van der Waals surface area contributed by atoms with Crippen molar-refractivity contribution < 1.29 is 19.1 Å². The third kappa shape index (κ3) is 4.37. The molecule has 10 heteroatoms. The average Bonchev–Trinajstić information content (AvgIpc) is 3.09. The molecule has 0 spiro atoms. The molecule has 0 aliphatic carbocycles. The quantitative estimate of drug-likeness (QED) is 0.733. The molecule has 156 valence electrons. The number of hydrogen-bond donors (Lipinski definition) is 2. The van der Waals surface area contributed by atoms with E-state index >= 15 is 0 Å².